The average Bonchev–Trinajstić information content (AvgIpc) is 3.42. The molecule has 4 heterocycles. The number of aromatic amines is 1. The molecule has 1 amide bonds. The number of likely N-dealkylation sites (tertiary alicyclic amines) is 1. The van der Waals surface area contributed by atoms with Gasteiger partial charge in [0.05, 0.1) is 12.2 Å². The lowest BCUT2D eigenvalue weighted by Crippen LogP contribution is -2.28. The van der Waals surface area contributed by atoms with E-state index in [2.05, 4.69) is 57.9 Å². The fourth-order valence-corrected chi connectivity index (χ4v) is 6.16. The molecule has 2 aromatic heterocycles. The van der Waals surface area contributed by atoms with E-state index < -0.39 is 0 Å². The highest BCUT2D eigenvalue weighted by atomic mass is 16.5. The standard InChI is InChI=1S/C32H40N8O2/c1-4-22-16-28(33)31-30(23-7-11-27(12-8-23)42-20-24-18-35-37-36-24)21(2)40(32(31)34-17-22)26-13-15-39(19-26)29(41)6-5-14-38(3)25-9-10-25/h5-8,11-12,17-18,22,25-26,33H,4,9-10,13-16,19-20H2,1-3H3,(H,35,36,37). The first-order chi connectivity index (χ1) is 20.4. The molecular weight excluding hydrogens is 528 g/mol. The normalized spacial score (nSPS) is 20.5. The Morgan fingerprint density at radius 2 is 2.02 bits per heavy atom. The molecule has 1 saturated carbocycles. The van der Waals surface area contributed by atoms with Crippen molar-refractivity contribution in [2.75, 3.05) is 26.7 Å². The molecule has 220 valence electrons. The summed E-state index contributed by atoms with van der Waals surface area (Å²) >= 11 is 0. The quantitative estimate of drug-likeness (QED) is 0.331. The maximum Gasteiger partial charge on any atom is 0.246 e. The van der Waals surface area contributed by atoms with Crippen molar-refractivity contribution in [3.8, 4) is 16.9 Å². The van der Waals surface area contributed by atoms with Gasteiger partial charge < -0.3 is 19.6 Å². The summed E-state index contributed by atoms with van der Waals surface area (Å²) in [5.41, 5.74) is 5.41. The first kappa shape index (κ1) is 28.1. The zero-order valence-corrected chi connectivity index (χ0v) is 24.7. The van der Waals surface area contributed by atoms with Crippen LogP contribution in [0.2, 0.25) is 0 Å². The number of carbonyl (C=O) groups excluding carboxylic acids is 1. The molecule has 10 heteroatoms. The summed E-state index contributed by atoms with van der Waals surface area (Å²) < 4.78 is 8.18. The summed E-state index contributed by atoms with van der Waals surface area (Å²) in [6.45, 7) is 6.76. The van der Waals surface area contributed by atoms with E-state index >= 15 is 0 Å². The maximum absolute atomic E-state index is 13.1. The van der Waals surface area contributed by atoms with Gasteiger partial charge in [-0.2, -0.15) is 15.4 Å². The molecule has 1 aliphatic carbocycles. The van der Waals surface area contributed by atoms with Crippen LogP contribution in [-0.2, 0) is 11.4 Å². The molecule has 2 atom stereocenters. The summed E-state index contributed by atoms with van der Waals surface area (Å²) in [6.07, 6.45) is 12.4. The molecule has 2 fully saturated rings. The SMILES string of the molecule is CCC1C=Nc2c(c(-c3ccc(OCc4cn[nH]n4)cc3)c(C)n2C2CCN(C(=O)C=CCN(C)C3CC3)C2)C(=N)C1. The second-order valence-electron chi connectivity index (χ2n) is 11.7. The Kier molecular flexibility index (Phi) is 8.06. The summed E-state index contributed by atoms with van der Waals surface area (Å²) in [5.74, 6) is 1.89. The van der Waals surface area contributed by atoms with Gasteiger partial charge in [0, 0.05) is 60.5 Å². The fraction of sp³-hybridized carbons (Fsp3) is 0.469. The van der Waals surface area contributed by atoms with E-state index in [1.165, 1.54) is 12.8 Å². The molecule has 3 aliphatic rings. The largest absolute Gasteiger partial charge is 0.487 e. The fourth-order valence-electron chi connectivity index (χ4n) is 6.16. The monoisotopic (exact) mass is 568 g/mol. The number of fused-ring (bicyclic) bond motifs is 1. The summed E-state index contributed by atoms with van der Waals surface area (Å²) in [6, 6.07) is 8.81. The van der Waals surface area contributed by atoms with Crippen LogP contribution in [0.25, 0.3) is 11.1 Å². The van der Waals surface area contributed by atoms with E-state index in [9.17, 15) is 4.79 Å². The molecule has 6 rings (SSSR count). The third kappa shape index (κ3) is 5.81. The van der Waals surface area contributed by atoms with Crippen molar-refractivity contribution in [2.24, 2.45) is 10.9 Å². The van der Waals surface area contributed by atoms with Crippen LogP contribution in [0.1, 0.15) is 62.0 Å². The van der Waals surface area contributed by atoms with Crippen molar-refractivity contribution in [3.63, 3.8) is 0 Å². The highest BCUT2D eigenvalue weighted by Gasteiger charge is 2.34. The molecular formula is C32H40N8O2. The predicted molar refractivity (Wildman–Crippen MR) is 164 cm³/mol. The van der Waals surface area contributed by atoms with E-state index in [1.807, 2.05) is 29.3 Å². The second kappa shape index (κ2) is 12.1. The molecule has 2 unspecified atom stereocenters. The lowest BCUT2D eigenvalue weighted by Gasteiger charge is -2.19. The number of hydrogen-bond acceptors (Lipinski definition) is 7. The van der Waals surface area contributed by atoms with Gasteiger partial charge in [-0.25, -0.2) is 4.99 Å². The van der Waals surface area contributed by atoms with E-state index in [1.54, 1.807) is 12.3 Å². The van der Waals surface area contributed by atoms with Crippen LogP contribution >= 0.6 is 0 Å². The van der Waals surface area contributed by atoms with Crippen molar-refractivity contribution in [1.29, 1.82) is 5.41 Å². The van der Waals surface area contributed by atoms with Crippen molar-refractivity contribution in [1.82, 2.24) is 29.8 Å². The first-order valence-electron chi connectivity index (χ1n) is 15.0. The molecule has 2 aliphatic heterocycles. The lowest BCUT2D eigenvalue weighted by atomic mass is 9.93. The Hall–Kier alpha value is -4.05. The van der Waals surface area contributed by atoms with Crippen LogP contribution in [0.15, 0.2) is 47.6 Å². The number of hydrogen-bond donors (Lipinski definition) is 2. The number of ether oxygens (including phenoxy) is 1. The molecule has 42 heavy (non-hydrogen) atoms. The Bertz CT molecular complexity index is 1480. The third-order valence-corrected chi connectivity index (χ3v) is 8.78. The number of H-pyrrole nitrogens is 1. The minimum atomic E-state index is 0.0707. The van der Waals surface area contributed by atoms with E-state index in [0.29, 0.717) is 37.9 Å². The molecule has 0 spiro atoms. The first-order valence-corrected chi connectivity index (χ1v) is 15.0. The number of aliphatic imine (C=N–C) groups is 1. The van der Waals surface area contributed by atoms with Crippen LogP contribution in [-0.4, -0.2) is 80.3 Å². The van der Waals surface area contributed by atoms with E-state index in [0.717, 1.165) is 59.0 Å². The van der Waals surface area contributed by atoms with E-state index in [-0.39, 0.29) is 17.9 Å². The number of benzene rings is 1. The van der Waals surface area contributed by atoms with Gasteiger partial charge in [-0.05, 0) is 69.7 Å². The van der Waals surface area contributed by atoms with Crippen LogP contribution < -0.4 is 4.74 Å². The number of aromatic nitrogens is 4. The molecule has 0 bridgehead atoms. The average molecular weight is 569 g/mol. The van der Waals surface area contributed by atoms with E-state index in [4.69, 9.17) is 15.1 Å². The summed E-state index contributed by atoms with van der Waals surface area (Å²) in [7, 11) is 2.12. The topological polar surface area (TPSA) is 115 Å². The third-order valence-electron chi connectivity index (χ3n) is 8.78. The lowest BCUT2D eigenvalue weighted by molar-refractivity contribution is -0.125. The van der Waals surface area contributed by atoms with Gasteiger partial charge in [0.2, 0.25) is 5.91 Å². The van der Waals surface area contributed by atoms with Crippen molar-refractivity contribution < 1.29 is 9.53 Å². The van der Waals surface area contributed by atoms with Gasteiger partial charge in [-0.3, -0.25) is 9.69 Å². The summed E-state index contributed by atoms with van der Waals surface area (Å²) in [4.78, 5) is 22.3. The van der Waals surface area contributed by atoms with Crippen molar-refractivity contribution >= 4 is 23.7 Å². The number of rotatable bonds is 10. The van der Waals surface area contributed by atoms with Gasteiger partial charge in [-0.1, -0.05) is 25.1 Å². The highest BCUT2D eigenvalue weighted by Crippen LogP contribution is 2.43. The maximum atomic E-state index is 13.1. The van der Waals surface area contributed by atoms with Crippen LogP contribution in [0.4, 0.5) is 5.82 Å². The molecule has 1 aromatic carbocycles. The van der Waals surface area contributed by atoms with Crippen LogP contribution in [0, 0.1) is 18.3 Å². The van der Waals surface area contributed by atoms with Gasteiger partial charge in [0.25, 0.3) is 0 Å². The Morgan fingerprint density at radius 3 is 2.74 bits per heavy atom. The van der Waals surface area contributed by atoms with Gasteiger partial charge in [-0.15, -0.1) is 0 Å². The van der Waals surface area contributed by atoms with Crippen LogP contribution in [0.5, 0.6) is 5.75 Å². The Balaban J connectivity index is 1.26. The van der Waals surface area contributed by atoms with Crippen molar-refractivity contribution in [2.45, 2.75) is 64.6 Å². The number of nitrogens with zero attached hydrogens (tertiary/aromatic N) is 6. The zero-order chi connectivity index (χ0) is 29.2. The molecule has 3 aromatic rings. The van der Waals surface area contributed by atoms with Crippen LogP contribution in [0.3, 0.4) is 0 Å². The molecule has 0 radical (unpaired) electrons. The van der Waals surface area contributed by atoms with Gasteiger partial charge >= 0.3 is 0 Å². The van der Waals surface area contributed by atoms with Crippen molar-refractivity contribution in [3.05, 3.63) is 59.6 Å². The number of amides is 1. The molecule has 10 nitrogen and oxygen atoms in total. The molecule has 2 N–H and O–H groups in total. The van der Waals surface area contributed by atoms with Gasteiger partial charge in [0.15, 0.2) is 0 Å². The number of likely N-dealkylation sites (N-methyl/N-ethyl adjacent to an activating group) is 1. The minimum absolute atomic E-state index is 0.0707. The Morgan fingerprint density at radius 1 is 1.21 bits per heavy atom. The second-order valence-corrected chi connectivity index (χ2v) is 11.7. The summed E-state index contributed by atoms with van der Waals surface area (Å²) in [5, 5.41) is 19.6. The number of nitrogens with one attached hydrogen (secondary N) is 2. The smallest absolute Gasteiger partial charge is 0.246 e. The zero-order valence-electron chi connectivity index (χ0n) is 24.7. The van der Waals surface area contributed by atoms with Gasteiger partial charge in [0.1, 0.15) is 23.9 Å². The number of carbonyl (C=O) groups is 1. The predicted octanol–water partition coefficient (Wildman–Crippen LogP) is 5.08. The minimum Gasteiger partial charge on any atom is -0.487 e. The Labute approximate surface area is 247 Å². The molecule has 1 saturated heterocycles. The highest BCUT2D eigenvalue weighted by molar-refractivity contribution is 6.11.